The first-order valence-corrected chi connectivity index (χ1v) is 6.93. The van der Waals surface area contributed by atoms with Crippen LogP contribution in [-0.2, 0) is 6.42 Å². The van der Waals surface area contributed by atoms with Gasteiger partial charge in [-0.05, 0) is 26.0 Å². The summed E-state index contributed by atoms with van der Waals surface area (Å²) >= 11 is 1.61. The van der Waals surface area contributed by atoms with Crippen LogP contribution in [0.5, 0.6) is 5.75 Å². The lowest BCUT2D eigenvalue weighted by atomic mass is 10.1. The molecule has 19 heavy (non-hydrogen) atoms. The largest absolute Gasteiger partial charge is 0.508 e. The van der Waals surface area contributed by atoms with Crippen molar-refractivity contribution in [3.8, 4) is 5.75 Å². The lowest BCUT2D eigenvalue weighted by Crippen LogP contribution is -2.26. The molecule has 1 heterocycles. The van der Waals surface area contributed by atoms with Crippen LogP contribution >= 0.6 is 11.3 Å². The molecule has 0 radical (unpaired) electrons. The van der Waals surface area contributed by atoms with Crippen molar-refractivity contribution >= 4 is 17.2 Å². The maximum atomic E-state index is 12.0. The molecule has 2 N–H and O–H groups in total. The normalized spacial score (nSPS) is 10.4. The van der Waals surface area contributed by atoms with Gasteiger partial charge in [0.2, 0.25) is 0 Å². The summed E-state index contributed by atoms with van der Waals surface area (Å²) in [6.07, 6.45) is 0.716. The molecule has 0 unspecified atom stereocenters. The fraction of sp³-hybridized carbons (Fsp3) is 0.286. The Morgan fingerprint density at radius 3 is 2.89 bits per heavy atom. The van der Waals surface area contributed by atoms with Gasteiger partial charge in [0.25, 0.3) is 5.91 Å². The summed E-state index contributed by atoms with van der Waals surface area (Å²) < 4.78 is 0. The molecular weight excluding hydrogens is 260 g/mol. The van der Waals surface area contributed by atoms with Crippen LogP contribution in [0.3, 0.4) is 0 Å². The zero-order chi connectivity index (χ0) is 13.8. The molecule has 100 valence electrons. The van der Waals surface area contributed by atoms with Gasteiger partial charge in [0, 0.05) is 29.5 Å². The minimum absolute atomic E-state index is 0.141. The predicted molar refractivity (Wildman–Crippen MR) is 75.7 cm³/mol. The summed E-state index contributed by atoms with van der Waals surface area (Å²) in [7, 11) is 0. The van der Waals surface area contributed by atoms with Gasteiger partial charge in [-0.1, -0.05) is 6.07 Å². The molecule has 0 saturated heterocycles. The van der Waals surface area contributed by atoms with Crippen molar-refractivity contribution in [3.05, 3.63) is 45.4 Å². The lowest BCUT2D eigenvalue weighted by molar-refractivity contribution is 0.0953. The molecule has 0 aliphatic carbocycles. The minimum Gasteiger partial charge on any atom is -0.508 e. The van der Waals surface area contributed by atoms with Crippen LogP contribution in [0.15, 0.2) is 23.6 Å². The summed E-state index contributed by atoms with van der Waals surface area (Å²) in [5.41, 5.74) is 2.11. The molecule has 0 aliphatic heterocycles. The second-order valence-corrected chi connectivity index (χ2v) is 5.38. The number of thiazole rings is 1. The molecular formula is C14H16N2O2S. The fourth-order valence-electron chi connectivity index (χ4n) is 1.79. The molecule has 0 spiro atoms. The lowest BCUT2D eigenvalue weighted by Gasteiger charge is -2.08. The minimum atomic E-state index is -0.166. The van der Waals surface area contributed by atoms with E-state index < -0.39 is 0 Å². The SMILES string of the molecule is Cc1nc(CCNC(=O)c2cccc(O)c2C)cs1. The number of hydrogen-bond acceptors (Lipinski definition) is 4. The van der Waals surface area contributed by atoms with Gasteiger partial charge < -0.3 is 10.4 Å². The third-order valence-electron chi connectivity index (χ3n) is 2.88. The number of hydrogen-bond donors (Lipinski definition) is 2. The van der Waals surface area contributed by atoms with E-state index in [0.717, 1.165) is 10.7 Å². The molecule has 4 nitrogen and oxygen atoms in total. The summed E-state index contributed by atoms with van der Waals surface area (Å²) in [4.78, 5) is 16.3. The van der Waals surface area contributed by atoms with Crippen molar-refractivity contribution in [2.75, 3.05) is 6.54 Å². The van der Waals surface area contributed by atoms with E-state index in [-0.39, 0.29) is 11.7 Å². The van der Waals surface area contributed by atoms with E-state index in [1.165, 1.54) is 0 Å². The number of carbonyl (C=O) groups is 1. The molecule has 2 rings (SSSR count). The van der Waals surface area contributed by atoms with Crippen molar-refractivity contribution in [2.45, 2.75) is 20.3 Å². The van der Waals surface area contributed by atoms with E-state index in [9.17, 15) is 9.90 Å². The molecule has 0 bridgehead atoms. The Morgan fingerprint density at radius 2 is 2.21 bits per heavy atom. The van der Waals surface area contributed by atoms with Gasteiger partial charge in [0.05, 0.1) is 10.7 Å². The molecule has 0 fully saturated rings. The standard InChI is InChI=1S/C14H16N2O2S/c1-9-12(4-3-5-13(9)17)14(18)15-7-6-11-8-19-10(2)16-11/h3-5,8,17H,6-7H2,1-2H3,(H,15,18). The molecule has 1 amide bonds. The van der Waals surface area contributed by atoms with E-state index in [1.54, 1.807) is 36.5 Å². The number of phenolic OH excluding ortho intramolecular Hbond substituents is 1. The Hall–Kier alpha value is -1.88. The molecule has 1 aromatic heterocycles. The van der Waals surface area contributed by atoms with Crippen LogP contribution < -0.4 is 5.32 Å². The monoisotopic (exact) mass is 276 g/mol. The number of phenols is 1. The van der Waals surface area contributed by atoms with Crippen LogP contribution in [0.1, 0.15) is 26.6 Å². The van der Waals surface area contributed by atoms with Gasteiger partial charge in [0.1, 0.15) is 5.75 Å². The number of rotatable bonds is 4. The number of benzene rings is 1. The average molecular weight is 276 g/mol. The average Bonchev–Trinajstić information content (AvgIpc) is 2.78. The second-order valence-electron chi connectivity index (χ2n) is 4.31. The van der Waals surface area contributed by atoms with Crippen LogP contribution in [0.2, 0.25) is 0 Å². The van der Waals surface area contributed by atoms with E-state index >= 15 is 0 Å². The van der Waals surface area contributed by atoms with Crippen molar-refractivity contribution in [3.63, 3.8) is 0 Å². The summed E-state index contributed by atoms with van der Waals surface area (Å²) in [5, 5.41) is 15.4. The number of aromatic hydroxyl groups is 1. The first-order valence-electron chi connectivity index (χ1n) is 6.05. The summed E-state index contributed by atoms with van der Waals surface area (Å²) in [6, 6.07) is 4.95. The summed E-state index contributed by atoms with van der Waals surface area (Å²) in [6.45, 7) is 4.23. The number of aromatic nitrogens is 1. The van der Waals surface area contributed by atoms with Crippen LogP contribution in [0, 0.1) is 13.8 Å². The Balaban J connectivity index is 1.93. The molecule has 1 aromatic carbocycles. The number of carbonyl (C=O) groups excluding carboxylic acids is 1. The second kappa shape index (κ2) is 5.84. The Bertz CT molecular complexity index is 593. The molecule has 0 saturated carbocycles. The molecule has 0 atom stereocenters. The van der Waals surface area contributed by atoms with Gasteiger partial charge >= 0.3 is 0 Å². The van der Waals surface area contributed by atoms with Crippen molar-refractivity contribution in [1.82, 2.24) is 10.3 Å². The van der Waals surface area contributed by atoms with E-state index in [0.29, 0.717) is 24.1 Å². The Kier molecular flexibility index (Phi) is 4.16. The van der Waals surface area contributed by atoms with E-state index in [2.05, 4.69) is 10.3 Å². The van der Waals surface area contributed by atoms with Crippen molar-refractivity contribution in [2.24, 2.45) is 0 Å². The highest BCUT2D eigenvalue weighted by Gasteiger charge is 2.10. The van der Waals surface area contributed by atoms with Gasteiger partial charge in [-0.25, -0.2) is 4.98 Å². The highest BCUT2D eigenvalue weighted by atomic mass is 32.1. The van der Waals surface area contributed by atoms with Gasteiger partial charge in [0.15, 0.2) is 0 Å². The fourth-order valence-corrected chi connectivity index (χ4v) is 2.44. The topological polar surface area (TPSA) is 62.2 Å². The highest BCUT2D eigenvalue weighted by Crippen LogP contribution is 2.19. The predicted octanol–water partition coefficient (Wildman–Crippen LogP) is 2.44. The number of nitrogens with one attached hydrogen (secondary N) is 1. The number of amides is 1. The molecule has 0 aliphatic rings. The zero-order valence-corrected chi connectivity index (χ0v) is 11.8. The first-order chi connectivity index (χ1) is 9.08. The van der Waals surface area contributed by atoms with Crippen molar-refractivity contribution in [1.29, 1.82) is 0 Å². The van der Waals surface area contributed by atoms with Gasteiger partial charge in [-0.3, -0.25) is 4.79 Å². The van der Waals surface area contributed by atoms with E-state index in [1.807, 2.05) is 12.3 Å². The Labute approximate surface area is 116 Å². The maximum absolute atomic E-state index is 12.0. The third-order valence-corrected chi connectivity index (χ3v) is 3.71. The van der Waals surface area contributed by atoms with Gasteiger partial charge in [-0.15, -0.1) is 11.3 Å². The number of aryl methyl sites for hydroxylation is 1. The smallest absolute Gasteiger partial charge is 0.251 e. The number of nitrogens with zero attached hydrogens (tertiary/aromatic N) is 1. The first kappa shape index (κ1) is 13.5. The van der Waals surface area contributed by atoms with Crippen LogP contribution in [0.4, 0.5) is 0 Å². The third kappa shape index (κ3) is 3.32. The quantitative estimate of drug-likeness (QED) is 0.901. The Morgan fingerprint density at radius 1 is 1.42 bits per heavy atom. The maximum Gasteiger partial charge on any atom is 0.251 e. The zero-order valence-electron chi connectivity index (χ0n) is 10.9. The van der Waals surface area contributed by atoms with Gasteiger partial charge in [-0.2, -0.15) is 0 Å². The summed E-state index contributed by atoms with van der Waals surface area (Å²) in [5.74, 6) is -0.0249. The highest BCUT2D eigenvalue weighted by molar-refractivity contribution is 7.09. The molecule has 2 aromatic rings. The van der Waals surface area contributed by atoms with E-state index in [4.69, 9.17) is 0 Å². The van der Waals surface area contributed by atoms with Crippen molar-refractivity contribution < 1.29 is 9.90 Å². The van der Waals surface area contributed by atoms with Crippen LogP contribution in [0.25, 0.3) is 0 Å². The molecule has 5 heteroatoms. The van der Waals surface area contributed by atoms with Crippen LogP contribution in [-0.4, -0.2) is 22.5 Å².